The van der Waals surface area contributed by atoms with Crippen molar-refractivity contribution in [1.29, 1.82) is 0 Å². The Hall–Kier alpha value is -2.25. The molecule has 28 heavy (non-hydrogen) atoms. The number of amides is 1. The third kappa shape index (κ3) is 4.97. The fourth-order valence-corrected chi connectivity index (χ4v) is 4.44. The van der Waals surface area contributed by atoms with Gasteiger partial charge in [0.1, 0.15) is 10.6 Å². The van der Waals surface area contributed by atoms with Crippen LogP contribution in [-0.2, 0) is 10.0 Å². The molecule has 1 aliphatic rings. The molecule has 0 heterocycles. The molecule has 0 aromatic heterocycles. The molecule has 8 heteroatoms. The second-order valence-corrected chi connectivity index (χ2v) is 8.87. The molecular weight excluding hydrogens is 400 g/mol. The van der Waals surface area contributed by atoms with Gasteiger partial charge in [-0.2, -0.15) is 0 Å². The average Bonchev–Trinajstić information content (AvgIpc) is 3.48. The van der Waals surface area contributed by atoms with E-state index in [1.165, 1.54) is 18.2 Å². The molecule has 0 spiro atoms. The van der Waals surface area contributed by atoms with Gasteiger partial charge < -0.3 is 10.1 Å². The highest BCUT2D eigenvalue weighted by Gasteiger charge is 2.29. The van der Waals surface area contributed by atoms with Crippen molar-refractivity contribution >= 4 is 33.2 Å². The SMILES string of the molecule is CCOc1ccc(NS(=O)(=O)c2cc(C(=O)NC(C)C3CC3)ccc2Cl)cc1. The predicted molar refractivity (Wildman–Crippen MR) is 110 cm³/mol. The first-order valence-corrected chi connectivity index (χ1v) is 11.0. The largest absolute Gasteiger partial charge is 0.494 e. The van der Waals surface area contributed by atoms with Crippen LogP contribution in [0, 0.1) is 5.92 Å². The van der Waals surface area contributed by atoms with Crippen LogP contribution in [0.25, 0.3) is 0 Å². The van der Waals surface area contributed by atoms with Gasteiger partial charge in [0.05, 0.1) is 11.6 Å². The van der Waals surface area contributed by atoms with Gasteiger partial charge in [-0.1, -0.05) is 11.6 Å². The highest BCUT2D eigenvalue weighted by atomic mass is 35.5. The molecule has 0 radical (unpaired) electrons. The number of sulfonamides is 1. The quantitative estimate of drug-likeness (QED) is 0.671. The third-order valence-electron chi connectivity index (χ3n) is 4.59. The number of carbonyl (C=O) groups excluding carboxylic acids is 1. The Labute approximate surface area is 170 Å². The molecule has 0 saturated heterocycles. The summed E-state index contributed by atoms with van der Waals surface area (Å²) < 4.78 is 33.4. The molecule has 1 atom stereocenters. The zero-order valence-corrected chi connectivity index (χ0v) is 17.3. The van der Waals surface area contributed by atoms with Gasteiger partial charge in [0.2, 0.25) is 0 Å². The van der Waals surface area contributed by atoms with Gasteiger partial charge in [-0.25, -0.2) is 8.42 Å². The first kappa shape index (κ1) is 20.5. The smallest absolute Gasteiger partial charge is 0.263 e. The monoisotopic (exact) mass is 422 g/mol. The Bertz CT molecular complexity index is 957. The Morgan fingerprint density at radius 3 is 2.50 bits per heavy atom. The van der Waals surface area contributed by atoms with Gasteiger partial charge in [-0.15, -0.1) is 0 Å². The van der Waals surface area contributed by atoms with Gasteiger partial charge >= 0.3 is 0 Å². The number of halogens is 1. The second-order valence-electron chi connectivity index (χ2n) is 6.81. The summed E-state index contributed by atoms with van der Waals surface area (Å²) in [4.78, 5) is 12.3. The summed E-state index contributed by atoms with van der Waals surface area (Å²) in [5.41, 5.74) is 0.626. The van der Waals surface area contributed by atoms with Crippen molar-refractivity contribution in [3.8, 4) is 5.75 Å². The van der Waals surface area contributed by atoms with E-state index in [4.69, 9.17) is 16.3 Å². The molecule has 1 unspecified atom stereocenters. The zero-order valence-electron chi connectivity index (χ0n) is 15.7. The van der Waals surface area contributed by atoms with Crippen LogP contribution in [0.2, 0.25) is 5.02 Å². The van der Waals surface area contributed by atoms with Crippen LogP contribution >= 0.6 is 11.6 Å². The Morgan fingerprint density at radius 1 is 1.21 bits per heavy atom. The highest BCUT2D eigenvalue weighted by molar-refractivity contribution is 7.92. The number of ether oxygens (including phenoxy) is 1. The minimum absolute atomic E-state index is 0.0465. The maximum absolute atomic E-state index is 12.8. The molecule has 1 saturated carbocycles. The van der Waals surface area contributed by atoms with Crippen LogP contribution in [0.5, 0.6) is 5.75 Å². The van der Waals surface area contributed by atoms with Crippen molar-refractivity contribution < 1.29 is 17.9 Å². The number of nitrogens with one attached hydrogen (secondary N) is 2. The average molecular weight is 423 g/mol. The lowest BCUT2D eigenvalue weighted by atomic mass is 10.1. The summed E-state index contributed by atoms with van der Waals surface area (Å²) in [5.74, 6) is 0.835. The molecule has 6 nitrogen and oxygen atoms in total. The maximum Gasteiger partial charge on any atom is 0.263 e. The van der Waals surface area contributed by atoms with Gasteiger partial charge in [-0.3, -0.25) is 9.52 Å². The summed E-state index contributed by atoms with van der Waals surface area (Å²) in [5, 5.41) is 2.96. The van der Waals surface area contributed by atoms with Gasteiger partial charge in [0.15, 0.2) is 0 Å². The summed E-state index contributed by atoms with van der Waals surface area (Å²) in [6.45, 7) is 4.35. The summed E-state index contributed by atoms with van der Waals surface area (Å²) in [6, 6.07) is 10.9. The van der Waals surface area contributed by atoms with Crippen molar-refractivity contribution in [3.05, 3.63) is 53.1 Å². The van der Waals surface area contributed by atoms with Crippen molar-refractivity contribution in [2.45, 2.75) is 37.6 Å². The molecule has 150 valence electrons. The lowest BCUT2D eigenvalue weighted by molar-refractivity contribution is 0.0935. The summed E-state index contributed by atoms with van der Waals surface area (Å²) >= 11 is 6.11. The number of carbonyl (C=O) groups is 1. The van der Waals surface area contributed by atoms with E-state index in [0.717, 1.165) is 12.8 Å². The zero-order chi connectivity index (χ0) is 20.3. The number of anilines is 1. The molecule has 1 fully saturated rings. The Balaban J connectivity index is 1.79. The van der Waals surface area contributed by atoms with E-state index in [1.807, 2.05) is 13.8 Å². The van der Waals surface area contributed by atoms with Crippen LogP contribution in [0.1, 0.15) is 37.0 Å². The van der Waals surface area contributed by atoms with Crippen molar-refractivity contribution in [2.24, 2.45) is 5.92 Å². The van der Waals surface area contributed by atoms with Crippen molar-refractivity contribution in [1.82, 2.24) is 5.32 Å². The van der Waals surface area contributed by atoms with E-state index in [-0.39, 0.29) is 27.4 Å². The van der Waals surface area contributed by atoms with Crippen LogP contribution < -0.4 is 14.8 Å². The predicted octanol–water partition coefficient (Wildman–Crippen LogP) is 4.07. The molecule has 2 aromatic carbocycles. The standard InChI is InChI=1S/C20H23ClN2O4S/c1-3-27-17-9-7-16(8-10-17)23-28(25,26)19-12-15(6-11-18(19)21)20(24)22-13(2)14-4-5-14/h6-14,23H,3-5H2,1-2H3,(H,22,24). The molecule has 1 aliphatic carbocycles. The summed E-state index contributed by atoms with van der Waals surface area (Å²) in [6.07, 6.45) is 2.21. The molecular formula is C20H23ClN2O4S. The van der Waals surface area contributed by atoms with Crippen molar-refractivity contribution in [3.63, 3.8) is 0 Å². The molecule has 0 aliphatic heterocycles. The van der Waals surface area contributed by atoms with E-state index in [0.29, 0.717) is 24.0 Å². The van der Waals surface area contributed by atoms with Gasteiger partial charge in [0.25, 0.3) is 15.9 Å². The minimum atomic E-state index is -3.96. The normalized spacial score (nSPS) is 15.0. The van der Waals surface area contributed by atoms with Gasteiger partial charge in [-0.05, 0) is 75.1 Å². The number of benzene rings is 2. The molecule has 3 rings (SSSR count). The highest BCUT2D eigenvalue weighted by Crippen LogP contribution is 2.32. The number of hydrogen-bond donors (Lipinski definition) is 2. The fraction of sp³-hybridized carbons (Fsp3) is 0.350. The van der Waals surface area contributed by atoms with Crippen LogP contribution in [-0.4, -0.2) is 27.0 Å². The lowest BCUT2D eigenvalue weighted by Crippen LogP contribution is -2.34. The second kappa shape index (κ2) is 8.41. The van der Waals surface area contributed by atoms with Crippen LogP contribution in [0.15, 0.2) is 47.4 Å². The Kier molecular flexibility index (Phi) is 6.15. The van der Waals surface area contributed by atoms with Crippen LogP contribution in [0.4, 0.5) is 5.69 Å². The molecule has 1 amide bonds. The van der Waals surface area contributed by atoms with Crippen molar-refractivity contribution in [2.75, 3.05) is 11.3 Å². The van der Waals surface area contributed by atoms with Gasteiger partial charge in [0, 0.05) is 17.3 Å². The molecule has 2 aromatic rings. The van der Waals surface area contributed by atoms with E-state index in [9.17, 15) is 13.2 Å². The lowest BCUT2D eigenvalue weighted by Gasteiger charge is -2.14. The third-order valence-corrected chi connectivity index (χ3v) is 6.45. The van der Waals surface area contributed by atoms with E-state index in [2.05, 4.69) is 10.0 Å². The molecule has 2 N–H and O–H groups in total. The first-order valence-electron chi connectivity index (χ1n) is 9.16. The first-order chi connectivity index (χ1) is 13.3. The summed E-state index contributed by atoms with van der Waals surface area (Å²) in [7, 11) is -3.96. The van der Waals surface area contributed by atoms with Crippen LogP contribution in [0.3, 0.4) is 0 Å². The van der Waals surface area contributed by atoms with E-state index in [1.54, 1.807) is 24.3 Å². The Morgan fingerprint density at radius 2 is 1.89 bits per heavy atom. The fourth-order valence-electron chi connectivity index (χ4n) is 2.85. The molecule has 0 bridgehead atoms. The number of rotatable bonds is 8. The topological polar surface area (TPSA) is 84.5 Å². The number of hydrogen-bond acceptors (Lipinski definition) is 4. The van der Waals surface area contributed by atoms with E-state index < -0.39 is 10.0 Å². The van der Waals surface area contributed by atoms with E-state index >= 15 is 0 Å². The maximum atomic E-state index is 12.8. The minimum Gasteiger partial charge on any atom is -0.494 e.